The van der Waals surface area contributed by atoms with Crippen LogP contribution in [0.3, 0.4) is 0 Å². The maximum atomic E-state index is 5.69. The van der Waals surface area contributed by atoms with Crippen molar-refractivity contribution in [3.63, 3.8) is 0 Å². The van der Waals surface area contributed by atoms with Gasteiger partial charge >= 0.3 is 0 Å². The molecule has 4 rings (SSSR count). The summed E-state index contributed by atoms with van der Waals surface area (Å²) in [5.74, 6) is 3.28. The SMILES string of the molecule is COc1cc(OC)cc(-c2nnc(SCc3nnc(-c4ccco4)o3)o2)c1. The molecule has 0 amide bonds. The molecular formula is C17H14N4O5S. The van der Waals surface area contributed by atoms with Gasteiger partial charge < -0.3 is 22.7 Å². The summed E-state index contributed by atoms with van der Waals surface area (Å²) in [5.41, 5.74) is 0.698. The van der Waals surface area contributed by atoms with Crippen molar-refractivity contribution in [1.29, 1.82) is 0 Å². The second kappa shape index (κ2) is 7.54. The van der Waals surface area contributed by atoms with Crippen LogP contribution in [-0.2, 0) is 5.75 Å². The number of nitrogens with zero attached hydrogens (tertiary/aromatic N) is 4. The average Bonchev–Trinajstić information content (AvgIpc) is 3.46. The minimum Gasteiger partial charge on any atom is -0.497 e. The zero-order valence-electron chi connectivity index (χ0n) is 14.4. The van der Waals surface area contributed by atoms with Crippen molar-refractivity contribution in [2.45, 2.75) is 11.0 Å². The zero-order valence-corrected chi connectivity index (χ0v) is 15.2. The van der Waals surface area contributed by atoms with Crippen molar-refractivity contribution in [3.05, 3.63) is 42.5 Å². The molecular weight excluding hydrogens is 372 g/mol. The van der Waals surface area contributed by atoms with Crippen molar-refractivity contribution in [2.75, 3.05) is 14.2 Å². The third kappa shape index (κ3) is 3.80. The first kappa shape index (κ1) is 17.2. The Bertz CT molecular complexity index is 1010. The highest BCUT2D eigenvalue weighted by molar-refractivity contribution is 7.98. The summed E-state index contributed by atoms with van der Waals surface area (Å²) >= 11 is 1.29. The van der Waals surface area contributed by atoms with Crippen LogP contribution in [0, 0.1) is 0 Å². The van der Waals surface area contributed by atoms with Crippen LogP contribution < -0.4 is 9.47 Å². The average molecular weight is 386 g/mol. The van der Waals surface area contributed by atoms with Crippen LogP contribution in [-0.4, -0.2) is 34.6 Å². The van der Waals surface area contributed by atoms with Gasteiger partial charge in [0.15, 0.2) is 5.76 Å². The fraction of sp³-hybridized carbons (Fsp3) is 0.176. The first-order valence-corrected chi connectivity index (χ1v) is 8.79. The lowest BCUT2D eigenvalue weighted by Crippen LogP contribution is -1.88. The lowest BCUT2D eigenvalue weighted by atomic mass is 10.2. The van der Waals surface area contributed by atoms with Crippen molar-refractivity contribution in [3.8, 4) is 34.6 Å². The van der Waals surface area contributed by atoms with Gasteiger partial charge in [0.2, 0.25) is 11.8 Å². The minimum atomic E-state index is 0.324. The smallest absolute Gasteiger partial charge is 0.283 e. The molecule has 10 heteroatoms. The van der Waals surface area contributed by atoms with Crippen LogP contribution in [0.2, 0.25) is 0 Å². The van der Waals surface area contributed by atoms with Gasteiger partial charge in [0.1, 0.15) is 11.5 Å². The van der Waals surface area contributed by atoms with Gasteiger partial charge in [-0.05, 0) is 24.3 Å². The monoisotopic (exact) mass is 386 g/mol. The molecule has 3 heterocycles. The Kier molecular flexibility index (Phi) is 4.79. The molecule has 27 heavy (non-hydrogen) atoms. The second-order valence-corrected chi connectivity index (χ2v) is 6.17. The van der Waals surface area contributed by atoms with Gasteiger partial charge in [0, 0.05) is 11.6 Å². The zero-order chi connectivity index (χ0) is 18.6. The number of methoxy groups -OCH3 is 2. The van der Waals surface area contributed by atoms with E-state index in [9.17, 15) is 0 Å². The second-order valence-electron chi connectivity index (χ2n) is 5.24. The van der Waals surface area contributed by atoms with E-state index in [1.807, 2.05) is 0 Å². The van der Waals surface area contributed by atoms with Gasteiger partial charge in [-0.2, -0.15) is 0 Å². The number of thioether (sulfide) groups is 1. The Hall–Kier alpha value is -3.27. The molecule has 0 aliphatic rings. The molecule has 0 saturated heterocycles. The number of hydrogen-bond donors (Lipinski definition) is 0. The van der Waals surface area contributed by atoms with E-state index in [1.165, 1.54) is 11.8 Å². The Morgan fingerprint density at radius 2 is 1.70 bits per heavy atom. The van der Waals surface area contributed by atoms with Crippen LogP contribution >= 0.6 is 11.8 Å². The molecule has 0 spiro atoms. The predicted molar refractivity (Wildman–Crippen MR) is 94.4 cm³/mol. The number of rotatable bonds is 7. The molecule has 1 aromatic carbocycles. The first-order chi connectivity index (χ1) is 13.2. The third-order valence-corrected chi connectivity index (χ3v) is 4.33. The third-order valence-electron chi connectivity index (χ3n) is 3.52. The normalized spacial score (nSPS) is 10.9. The Labute approximate surface area is 157 Å². The quantitative estimate of drug-likeness (QED) is 0.436. The molecule has 0 aliphatic carbocycles. The summed E-state index contributed by atoms with van der Waals surface area (Å²) < 4.78 is 27.0. The molecule has 138 valence electrons. The summed E-state index contributed by atoms with van der Waals surface area (Å²) in [6, 6.07) is 8.84. The van der Waals surface area contributed by atoms with Crippen molar-refractivity contribution >= 4 is 11.8 Å². The number of aromatic nitrogens is 4. The van der Waals surface area contributed by atoms with Gasteiger partial charge in [-0.1, -0.05) is 11.8 Å². The fourth-order valence-corrected chi connectivity index (χ4v) is 2.85. The summed E-state index contributed by atoms with van der Waals surface area (Å²) in [7, 11) is 3.16. The van der Waals surface area contributed by atoms with E-state index in [-0.39, 0.29) is 0 Å². The lowest BCUT2D eigenvalue weighted by Gasteiger charge is -2.05. The largest absolute Gasteiger partial charge is 0.497 e. The Balaban J connectivity index is 1.46. The summed E-state index contributed by atoms with van der Waals surface area (Å²) in [4.78, 5) is 0. The van der Waals surface area contributed by atoms with Crippen molar-refractivity contribution < 1.29 is 22.7 Å². The highest BCUT2D eigenvalue weighted by Gasteiger charge is 2.15. The number of furan rings is 1. The molecule has 0 saturated carbocycles. The van der Waals surface area contributed by atoms with Gasteiger partial charge in [-0.3, -0.25) is 0 Å². The number of ether oxygens (including phenoxy) is 2. The standard InChI is InChI=1S/C17H14N4O5S/c1-22-11-6-10(7-12(8-11)23-2)15-19-21-17(26-15)27-9-14-18-20-16(25-14)13-4-3-5-24-13/h3-8H,9H2,1-2H3. The van der Waals surface area contributed by atoms with Crippen LogP contribution in [0.5, 0.6) is 11.5 Å². The highest BCUT2D eigenvalue weighted by Crippen LogP contribution is 2.31. The van der Waals surface area contributed by atoms with Gasteiger partial charge in [-0.15, -0.1) is 20.4 Å². The molecule has 3 aromatic heterocycles. The highest BCUT2D eigenvalue weighted by atomic mass is 32.2. The van der Waals surface area contributed by atoms with Crippen molar-refractivity contribution in [2.24, 2.45) is 0 Å². The van der Waals surface area contributed by atoms with Crippen LogP contribution in [0.15, 0.2) is 55.1 Å². The first-order valence-electron chi connectivity index (χ1n) is 7.81. The minimum absolute atomic E-state index is 0.324. The summed E-state index contributed by atoms with van der Waals surface area (Å²) in [6.45, 7) is 0. The van der Waals surface area contributed by atoms with Crippen LogP contribution in [0.25, 0.3) is 23.1 Å². The lowest BCUT2D eigenvalue weighted by molar-refractivity contribution is 0.394. The molecule has 0 atom stereocenters. The van der Waals surface area contributed by atoms with E-state index in [1.54, 1.807) is 50.8 Å². The molecule has 0 bridgehead atoms. The molecule has 0 fully saturated rings. The van der Waals surface area contributed by atoms with Gasteiger partial charge in [0.25, 0.3) is 11.1 Å². The Morgan fingerprint density at radius 3 is 2.41 bits per heavy atom. The van der Waals surface area contributed by atoms with E-state index in [0.717, 1.165) is 0 Å². The van der Waals surface area contributed by atoms with E-state index < -0.39 is 0 Å². The number of benzene rings is 1. The van der Waals surface area contributed by atoms with E-state index in [2.05, 4.69) is 20.4 Å². The van der Waals surface area contributed by atoms with E-state index in [0.29, 0.717) is 51.5 Å². The van der Waals surface area contributed by atoms with E-state index in [4.69, 9.17) is 22.7 Å². The molecule has 0 unspecified atom stereocenters. The van der Waals surface area contributed by atoms with Gasteiger partial charge in [-0.25, -0.2) is 0 Å². The predicted octanol–water partition coefficient (Wildman–Crippen LogP) is 3.69. The molecule has 4 aromatic rings. The molecule has 9 nitrogen and oxygen atoms in total. The van der Waals surface area contributed by atoms with E-state index >= 15 is 0 Å². The van der Waals surface area contributed by atoms with Gasteiger partial charge in [0.05, 0.1) is 26.2 Å². The maximum Gasteiger partial charge on any atom is 0.283 e. The molecule has 0 aliphatic heterocycles. The topological polar surface area (TPSA) is 109 Å². The molecule has 0 radical (unpaired) electrons. The van der Waals surface area contributed by atoms with Crippen LogP contribution in [0.1, 0.15) is 5.89 Å². The fourth-order valence-electron chi connectivity index (χ4n) is 2.25. The maximum absolute atomic E-state index is 5.69. The Morgan fingerprint density at radius 1 is 0.926 bits per heavy atom. The van der Waals surface area contributed by atoms with Crippen LogP contribution in [0.4, 0.5) is 0 Å². The van der Waals surface area contributed by atoms with Crippen molar-refractivity contribution in [1.82, 2.24) is 20.4 Å². The summed E-state index contributed by atoms with van der Waals surface area (Å²) in [6.07, 6.45) is 1.54. The number of hydrogen-bond acceptors (Lipinski definition) is 10. The summed E-state index contributed by atoms with van der Waals surface area (Å²) in [5, 5.41) is 16.4. The molecule has 0 N–H and O–H groups in total.